The van der Waals surface area contributed by atoms with Crippen LogP contribution in [0.4, 0.5) is 10.1 Å². The Morgan fingerprint density at radius 3 is 2.48 bits per heavy atom. The van der Waals surface area contributed by atoms with E-state index in [2.05, 4.69) is 10.4 Å². The molecule has 0 radical (unpaired) electrons. The summed E-state index contributed by atoms with van der Waals surface area (Å²) in [4.78, 5) is 26.1. The number of amides is 2. The largest absolute Gasteiger partial charge is 0.339 e. The molecule has 162 valence electrons. The Morgan fingerprint density at radius 1 is 1.13 bits per heavy atom. The number of halogens is 1. The molecule has 31 heavy (non-hydrogen) atoms. The van der Waals surface area contributed by atoms with E-state index in [4.69, 9.17) is 0 Å². The van der Waals surface area contributed by atoms with Gasteiger partial charge in [-0.25, -0.2) is 9.07 Å². The molecule has 0 spiro atoms. The fourth-order valence-electron chi connectivity index (χ4n) is 3.54. The molecule has 7 heteroatoms. The van der Waals surface area contributed by atoms with Gasteiger partial charge in [0.05, 0.1) is 17.8 Å². The third-order valence-corrected chi connectivity index (χ3v) is 5.26. The Kier molecular flexibility index (Phi) is 6.84. The molecular formula is C24H27FN4O2. The van der Waals surface area contributed by atoms with E-state index >= 15 is 0 Å². The second-order valence-corrected chi connectivity index (χ2v) is 7.50. The molecular weight excluding hydrogens is 395 g/mol. The molecule has 3 rings (SSSR count). The maximum atomic E-state index is 13.2. The van der Waals surface area contributed by atoms with Gasteiger partial charge in [0.2, 0.25) is 11.8 Å². The molecule has 0 aliphatic rings. The zero-order valence-electron chi connectivity index (χ0n) is 18.3. The number of aryl methyl sites for hydroxylation is 1. The van der Waals surface area contributed by atoms with Crippen LogP contribution in [0.2, 0.25) is 0 Å². The van der Waals surface area contributed by atoms with Crippen molar-refractivity contribution in [3.8, 4) is 5.69 Å². The number of benzene rings is 2. The van der Waals surface area contributed by atoms with E-state index in [0.717, 1.165) is 28.2 Å². The lowest BCUT2D eigenvalue weighted by molar-refractivity contribution is -0.129. The van der Waals surface area contributed by atoms with E-state index in [-0.39, 0.29) is 24.1 Å². The summed E-state index contributed by atoms with van der Waals surface area (Å²) in [6, 6.07) is 13.6. The summed E-state index contributed by atoms with van der Waals surface area (Å²) in [7, 11) is 0. The highest BCUT2D eigenvalue weighted by Crippen LogP contribution is 2.20. The Bertz CT molecular complexity index is 1090. The second kappa shape index (κ2) is 9.55. The summed E-state index contributed by atoms with van der Waals surface area (Å²) >= 11 is 0. The lowest BCUT2D eigenvalue weighted by Crippen LogP contribution is -2.27. The summed E-state index contributed by atoms with van der Waals surface area (Å²) < 4.78 is 14.9. The highest BCUT2D eigenvalue weighted by molar-refractivity contribution is 5.92. The van der Waals surface area contributed by atoms with Crippen molar-refractivity contribution in [3.05, 3.63) is 76.9 Å². The van der Waals surface area contributed by atoms with Crippen molar-refractivity contribution in [1.29, 1.82) is 0 Å². The maximum Gasteiger partial charge on any atom is 0.228 e. The van der Waals surface area contributed by atoms with Crippen LogP contribution >= 0.6 is 0 Å². The zero-order chi connectivity index (χ0) is 22.5. The number of hydrogen-bond donors (Lipinski definition) is 1. The number of anilines is 1. The average molecular weight is 423 g/mol. The number of carbonyl (C=O) groups is 2. The minimum Gasteiger partial charge on any atom is -0.339 e. The molecule has 3 aromatic rings. The number of nitrogens with zero attached hydrogens (tertiary/aromatic N) is 3. The molecule has 0 unspecified atom stereocenters. The fourth-order valence-corrected chi connectivity index (χ4v) is 3.54. The summed E-state index contributed by atoms with van der Waals surface area (Å²) in [6.07, 6.45) is 0.178. The molecule has 0 bridgehead atoms. The van der Waals surface area contributed by atoms with Crippen molar-refractivity contribution in [2.75, 3.05) is 11.9 Å². The number of hydrogen-bond acceptors (Lipinski definition) is 3. The van der Waals surface area contributed by atoms with Gasteiger partial charge in [-0.3, -0.25) is 9.59 Å². The number of nitrogens with one attached hydrogen (secondary N) is 1. The molecule has 6 nitrogen and oxygen atoms in total. The smallest absolute Gasteiger partial charge is 0.228 e. The van der Waals surface area contributed by atoms with Gasteiger partial charge < -0.3 is 10.2 Å². The van der Waals surface area contributed by atoms with E-state index in [0.29, 0.717) is 18.8 Å². The Morgan fingerprint density at radius 2 is 1.84 bits per heavy atom. The average Bonchev–Trinajstić information content (AvgIpc) is 3.01. The summed E-state index contributed by atoms with van der Waals surface area (Å²) in [5.41, 5.74) is 4.81. The molecule has 0 fully saturated rings. The van der Waals surface area contributed by atoms with Gasteiger partial charge in [0.25, 0.3) is 0 Å². The summed E-state index contributed by atoms with van der Waals surface area (Å²) in [5, 5.41) is 7.45. The second-order valence-electron chi connectivity index (χ2n) is 7.50. The highest BCUT2D eigenvalue weighted by atomic mass is 19.1. The van der Waals surface area contributed by atoms with Crippen molar-refractivity contribution in [3.63, 3.8) is 0 Å². The monoisotopic (exact) mass is 422 g/mol. The highest BCUT2D eigenvalue weighted by Gasteiger charge is 2.16. The number of aromatic nitrogens is 2. The van der Waals surface area contributed by atoms with Crippen molar-refractivity contribution in [1.82, 2.24) is 14.7 Å². The van der Waals surface area contributed by atoms with Crippen LogP contribution < -0.4 is 5.32 Å². The molecule has 1 heterocycles. The van der Waals surface area contributed by atoms with Crippen LogP contribution in [0, 0.1) is 19.7 Å². The SMILES string of the molecule is CCN(Cc1cccc(NC(=O)Cc2c(C)nn(-c3ccc(F)cc3)c2C)c1)C(C)=O. The first-order valence-electron chi connectivity index (χ1n) is 10.2. The first-order valence-corrected chi connectivity index (χ1v) is 10.2. The van der Waals surface area contributed by atoms with Crippen LogP contribution in [0.3, 0.4) is 0 Å². The standard InChI is InChI=1S/C24H27FN4O2/c1-5-28(18(4)30)15-19-7-6-8-21(13-19)26-24(31)14-23-16(2)27-29(17(23)3)22-11-9-20(25)10-12-22/h6-13H,5,14-15H2,1-4H3,(H,26,31). The molecule has 0 aliphatic carbocycles. The van der Waals surface area contributed by atoms with Crippen LogP contribution in [-0.2, 0) is 22.6 Å². The fraction of sp³-hybridized carbons (Fsp3) is 0.292. The van der Waals surface area contributed by atoms with Gasteiger partial charge in [-0.05, 0) is 62.7 Å². The first-order chi connectivity index (χ1) is 14.8. The summed E-state index contributed by atoms with van der Waals surface area (Å²) in [6.45, 7) is 8.36. The van der Waals surface area contributed by atoms with Crippen molar-refractivity contribution in [2.45, 2.75) is 40.7 Å². The zero-order valence-corrected chi connectivity index (χ0v) is 18.3. The Balaban J connectivity index is 1.72. The van der Waals surface area contributed by atoms with Gasteiger partial charge in [-0.2, -0.15) is 5.10 Å². The van der Waals surface area contributed by atoms with E-state index in [9.17, 15) is 14.0 Å². The molecule has 0 atom stereocenters. The molecule has 0 aliphatic heterocycles. The normalized spacial score (nSPS) is 10.7. The third kappa shape index (κ3) is 5.36. The predicted octanol–water partition coefficient (Wildman–Crippen LogP) is 4.18. The van der Waals surface area contributed by atoms with Crippen LogP contribution in [-0.4, -0.2) is 33.0 Å². The van der Waals surface area contributed by atoms with Crippen LogP contribution in [0.15, 0.2) is 48.5 Å². The van der Waals surface area contributed by atoms with Crippen molar-refractivity contribution in [2.24, 2.45) is 0 Å². The van der Waals surface area contributed by atoms with E-state index < -0.39 is 0 Å². The quantitative estimate of drug-likeness (QED) is 0.621. The van der Waals surface area contributed by atoms with Crippen LogP contribution in [0.25, 0.3) is 5.69 Å². The summed E-state index contributed by atoms with van der Waals surface area (Å²) in [5.74, 6) is -0.445. The van der Waals surface area contributed by atoms with Gasteiger partial charge in [0.15, 0.2) is 0 Å². The topological polar surface area (TPSA) is 67.2 Å². The number of carbonyl (C=O) groups excluding carboxylic acids is 2. The minimum absolute atomic E-state index is 0.0149. The van der Waals surface area contributed by atoms with Gasteiger partial charge in [0, 0.05) is 37.0 Å². The minimum atomic E-state index is -0.308. The Labute approximate surface area is 181 Å². The Hall–Kier alpha value is -3.48. The number of rotatable bonds is 7. The molecule has 0 saturated heterocycles. The first kappa shape index (κ1) is 22.2. The van der Waals surface area contributed by atoms with Gasteiger partial charge >= 0.3 is 0 Å². The van der Waals surface area contributed by atoms with Crippen LogP contribution in [0.5, 0.6) is 0 Å². The van der Waals surface area contributed by atoms with Gasteiger partial charge in [-0.1, -0.05) is 12.1 Å². The van der Waals surface area contributed by atoms with Crippen LogP contribution in [0.1, 0.15) is 36.4 Å². The van der Waals surface area contributed by atoms with E-state index in [1.165, 1.54) is 12.1 Å². The lowest BCUT2D eigenvalue weighted by Gasteiger charge is -2.19. The van der Waals surface area contributed by atoms with E-state index in [1.807, 2.05) is 45.0 Å². The molecule has 1 N–H and O–H groups in total. The van der Waals surface area contributed by atoms with Crippen molar-refractivity contribution < 1.29 is 14.0 Å². The molecule has 1 aromatic heterocycles. The lowest BCUT2D eigenvalue weighted by atomic mass is 10.1. The molecule has 2 amide bonds. The maximum absolute atomic E-state index is 13.2. The molecule has 0 saturated carbocycles. The van der Waals surface area contributed by atoms with E-state index in [1.54, 1.807) is 28.6 Å². The predicted molar refractivity (Wildman–Crippen MR) is 119 cm³/mol. The van der Waals surface area contributed by atoms with Gasteiger partial charge in [0.1, 0.15) is 5.82 Å². The van der Waals surface area contributed by atoms with Gasteiger partial charge in [-0.15, -0.1) is 0 Å². The van der Waals surface area contributed by atoms with Crippen molar-refractivity contribution >= 4 is 17.5 Å². The third-order valence-electron chi connectivity index (χ3n) is 5.26. The molecule has 2 aromatic carbocycles.